The quantitative estimate of drug-likeness (QED) is 0.580. The van der Waals surface area contributed by atoms with Crippen LogP contribution in [0.3, 0.4) is 0 Å². The highest BCUT2D eigenvalue weighted by Crippen LogP contribution is 2.30. The van der Waals surface area contributed by atoms with E-state index in [1.165, 1.54) is 12.1 Å². The van der Waals surface area contributed by atoms with E-state index < -0.39 is 16.9 Å². The molecule has 3 aromatic carbocycles. The third-order valence-electron chi connectivity index (χ3n) is 3.84. The number of rotatable bonds is 5. The molecule has 0 heterocycles. The Morgan fingerprint density at radius 2 is 1.65 bits per heavy atom. The summed E-state index contributed by atoms with van der Waals surface area (Å²) in [6, 6.07) is 20.6. The van der Waals surface area contributed by atoms with Crippen molar-refractivity contribution in [1.82, 2.24) is 0 Å². The minimum atomic E-state index is -0.667. The molecule has 0 unspecified atom stereocenters. The van der Waals surface area contributed by atoms with Crippen LogP contribution in [0.5, 0.6) is 0 Å². The molecular weight excluding hydrogens is 352 g/mol. The third kappa shape index (κ3) is 4.29. The van der Waals surface area contributed by atoms with Crippen LogP contribution in [0.25, 0.3) is 11.1 Å². The fraction of sp³-hybridized carbons (Fsp3) is 0.0952. The predicted molar refractivity (Wildman–Crippen MR) is 102 cm³/mol. The van der Waals surface area contributed by atoms with Crippen LogP contribution in [0.4, 0.5) is 14.5 Å². The van der Waals surface area contributed by atoms with E-state index in [0.717, 1.165) is 29.0 Å². The summed E-state index contributed by atoms with van der Waals surface area (Å²) < 4.78 is 26.8. The van der Waals surface area contributed by atoms with Crippen LogP contribution in [0.2, 0.25) is 0 Å². The minimum absolute atomic E-state index is 0.241. The Morgan fingerprint density at radius 1 is 0.962 bits per heavy atom. The van der Waals surface area contributed by atoms with E-state index in [9.17, 15) is 13.6 Å². The Hall–Kier alpha value is -2.66. The van der Waals surface area contributed by atoms with E-state index in [4.69, 9.17) is 0 Å². The Bertz CT molecular complexity index is 915. The van der Waals surface area contributed by atoms with Crippen molar-refractivity contribution >= 4 is 23.4 Å². The highest BCUT2D eigenvalue weighted by molar-refractivity contribution is 8.00. The molecule has 3 aromatic rings. The molecule has 26 heavy (non-hydrogen) atoms. The average Bonchev–Trinajstić information content (AvgIpc) is 2.65. The summed E-state index contributed by atoms with van der Waals surface area (Å²) >= 11 is 1.05. The summed E-state index contributed by atoms with van der Waals surface area (Å²) in [5.74, 6) is -1.55. The largest absolute Gasteiger partial charge is 0.325 e. The summed E-state index contributed by atoms with van der Waals surface area (Å²) in [5, 5.41) is 2.36. The maximum Gasteiger partial charge on any atom is 0.237 e. The molecule has 1 atom stereocenters. The van der Waals surface area contributed by atoms with Gasteiger partial charge >= 0.3 is 0 Å². The van der Waals surface area contributed by atoms with Crippen molar-refractivity contribution < 1.29 is 13.6 Å². The zero-order valence-electron chi connectivity index (χ0n) is 14.1. The second-order valence-corrected chi connectivity index (χ2v) is 7.12. The van der Waals surface area contributed by atoms with Crippen LogP contribution in [0.15, 0.2) is 77.7 Å². The van der Waals surface area contributed by atoms with Gasteiger partial charge in [0.05, 0.1) is 5.25 Å². The number of hydrogen-bond donors (Lipinski definition) is 1. The van der Waals surface area contributed by atoms with Gasteiger partial charge in [-0.1, -0.05) is 48.5 Å². The van der Waals surface area contributed by atoms with E-state index >= 15 is 0 Å². The molecule has 5 heteroatoms. The molecule has 0 aliphatic rings. The van der Waals surface area contributed by atoms with Crippen LogP contribution < -0.4 is 5.32 Å². The normalized spacial score (nSPS) is 11.8. The van der Waals surface area contributed by atoms with Crippen LogP contribution in [-0.2, 0) is 4.79 Å². The Kier molecular flexibility index (Phi) is 5.68. The molecule has 3 rings (SSSR count). The number of nitrogens with one attached hydrogen (secondary N) is 1. The van der Waals surface area contributed by atoms with E-state index in [0.29, 0.717) is 5.69 Å². The highest BCUT2D eigenvalue weighted by atomic mass is 32.2. The number of para-hydroxylation sites is 1. The van der Waals surface area contributed by atoms with E-state index in [2.05, 4.69) is 5.32 Å². The maximum absolute atomic E-state index is 13.8. The average molecular weight is 369 g/mol. The topological polar surface area (TPSA) is 29.1 Å². The molecule has 0 aromatic heterocycles. The van der Waals surface area contributed by atoms with Gasteiger partial charge in [-0.2, -0.15) is 0 Å². The van der Waals surface area contributed by atoms with E-state index in [1.54, 1.807) is 6.92 Å². The number of thioether (sulfide) groups is 1. The van der Waals surface area contributed by atoms with Crippen molar-refractivity contribution in [3.05, 3.63) is 84.4 Å². The van der Waals surface area contributed by atoms with Gasteiger partial charge in [0.15, 0.2) is 0 Å². The van der Waals surface area contributed by atoms with Crippen molar-refractivity contribution in [3.8, 4) is 11.1 Å². The van der Waals surface area contributed by atoms with Crippen LogP contribution in [0.1, 0.15) is 6.92 Å². The standard InChI is InChI=1S/C21H17F2NOS/c1-14(26-20-12-11-16(22)13-18(20)23)21(25)24-19-10-6-5-9-17(19)15-7-3-2-4-8-15/h2-14H,1H3,(H,24,25)/t14-/m1/s1. The summed E-state index contributed by atoms with van der Waals surface area (Å²) in [6.45, 7) is 1.69. The van der Waals surface area contributed by atoms with Crippen molar-refractivity contribution in [1.29, 1.82) is 0 Å². The maximum atomic E-state index is 13.8. The molecular formula is C21H17F2NOS. The van der Waals surface area contributed by atoms with Gasteiger partial charge < -0.3 is 5.32 Å². The number of halogens is 2. The fourth-order valence-electron chi connectivity index (χ4n) is 2.51. The summed E-state index contributed by atoms with van der Waals surface area (Å²) in [4.78, 5) is 12.8. The van der Waals surface area contributed by atoms with Crippen molar-refractivity contribution in [2.75, 3.05) is 5.32 Å². The van der Waals surface area contributed by atoms with Gasteiger partial charge in [-0.15, -0.1) is 11.8 Å². The third-order valence-corrected chi connectivity index (χ3v) is 4.99. The Labute approximate surface area is 155 Å². The van der Waals surface area contributed by atoms with Crippen molar-refractivity contribution in [3.63, 3.8) is 0 Å². The molecule has 0 radical (unpaired) electrons. The second kappa shape index (κ2) is 8.15. The summed E-state index contributed by atoms with van der Waals surface area (Å²) in [7, 11) is 0. The Morgan fingerprint density at radius 3 is 2.38 bits per heavy atom. The van der Waals surface area contributed by atoms with Crippen LogP contribution in [-0.4, -0.2) is 11.2 Å². The zero-order chi connectivity index (χ0) is 18.5. The molecule has 0 aliphatic carbocycles. The Balaban J connectivity index is 1.76. The van der Waals surface area contributed by atoms with E-state index in [1.807, 2.05) is 54.6 Å². The highest BCUT2D eigenvalue weighted by Gasteiger charge is 2.18. The monoisotopic (exact) mass is 369 g/mol. The lowest BCUT2D eigenvalue weighted by molar-refractivity contribution is -0.115. The first-order chi connectivity index (χ1) is 12.5. The van der Waals surface area contributed by atoms with Gasteiger partial charge in [0.2, 0.25) is 5.91 Å². The lowest BCUT2D eigenvalue weighted by atomic mass is 10.0. The van der Waals surface area contributed by atoms with Crippen molar-refractivity contribution in [2.45, 2.75) is 17.1 Å². The molecule has 0 saturated heterocycles. The van der Waals surface area contributed by atoms with Gasteiger partial charge in [-0.25, -0.2) is 8.78 Å². The van der Waals surface area contributed by atoms with Gasteiger partial charge in [0.1, 0.15) is 11.6 Å². The molecule has 0 bridgehead atoms. The first-order valence-corrected chi connectivity index (χ1v) is 8.99. The number of amides is 1. The molecule has 0 saturated carbocycles. The zero-order valence-corrected chi connectivity index (χ0v) is 14.9. The lowest BCUT2D eigenvalue weighted by Crippen LogP contribution is -2.22. The molecule has 0 spiro atoms. The predicted octanol–water partition coefficient (Wildman–Crippen LogP) is 5.75. The molecule has 0 aliphatic heterocycles. The SMILES string of the molecule is C[C@@H](Sc1ccc(F)cc1F)C(=O)Nc1ccccc1-c1ccccc1. The number of hydrogen-bond acceptors (Lipinski definition) is 2. The smallest absolute Gasteiger partial charge is 0.237 e. The summed E-state index contributed by atoms with van der Waals surface area (Å²) in [5.41, 5.74) is 2.59. The minimum Gasteiger partial charge on any atom is -0.325 e. The number of carbonyl (C=O) groups is 1. The summed E-state index contributed by atoms with van der Waals surface area (Å²) in [6.07, 6.45) is 0. The van der Waals surface area contributed by atoms with Crippen LogP contribution in [0, 0.1) is 11.6 Å². The van der Waals surface area contributed by atoms with Gasteiger partial charge in [-0.05, 0) is 30.7 Å². The number of benzene rings is 3. The molecule has 2 nitrogen and oxygen atoms in total. The molecule has 1 amide bonds. The van der Waals surface area contributed by atoms with Crippen molar-refractivity contribution in [2.24, 2.45) is 0 Å². The number of carbonyl (C=O) groups excluding carboxylic acids is 1. The van der Waals surface area contributed by atoms with Crippen LogP contribution >= 0.6 is 11.8 Å². The fourth-order valence-corrected chi connectivity index (χ4v) is 3.38. The molecule has 132 valence electrons. The lowest BCUT2D eigenvalue weighted by Gasteiger charge is -2.15. The number of anilines is 1. The van der Waals surface area contributed by atoms with Gasteiger partial charge in [-0.3, -0.25) is 4.79 Å². The van der Waals surface area contributed by atoms with Gasteiger partial charge in [0.25, 0.3) is 0 Å². The second-order valence-electron chi connectivity index (χ2n) is 5.74. The first kappa shape index (κ1) is 18.1. The molecule has 0 fully saturated rings. The van der Waals surface area contributed by atoms with Gasteiger partial charge in [0, 0.05) is 22.2 Å². The first-order valence-electron chi connectivity index (χ1n) is 8.11. The van der Waals surface area contributed by atoms with E-state index in [-0.39, 0.29) is 10.8 Å². The molecule has 1 N–H and O–H groups in total.